The number of hydrogen-bond donors (Lipinski definition) is 1. The monoisotopic (exact) mass is 433 g/mol. The molecule has 162 valence electrons. The van der Waals surface area contributed by atoms with Crippen molar-refractivity contribution in [3.05, 3.63) is 70.3 Å². The lowest BCUT2D eigenvalue weighted by atomic mass is 10.1. The normalized spacial score (nSPS) is 13.3. The van der Waals surface area contributed by atoms with Crippen LogP contribution in [0.15, 0.2) is 54.6 Å². The number of benzene rings is 2. The van der Waals surface area contributed by atoms with E-state index in [2.05, 4.69) is 5.32 Å². The van der Waals surface area contributed by atoms with Crippen LogP contribution in [0.1, 0.15) is 32.3 Å². The van der Waals surface area contributed by atoms with Gasteiger partial charge in [0.25, 0.3) is 5.69 Å². The number of nitro groups is 1. The van der Waals surface area contributed by atoms with Gasteiger partial charge in [-0.15, -0.1) is 0 Å². The Morgan fingerprint density at radius 2 is 1.83 bits per heavy atom. The van der Waals surface area contributed by atoms with Crippen molar-refractivity contribution in [2.24, 2.45) is 0 Å². The largest absolute Gasteiger partial charge is 0.352 e. The third-order valence-corrected chi connectivity index (χ3v) is 5.90. The van der Waals surface area contributed by atoms with E-state index < -0.39 is 26.9 Å². The summed E-state index contributed by atoms with van der Waals surface area (Å²) in [5.41, 5.74) is 0.998. The minimum Gasteiger partial charge on any atom is -0.352 e. The van der Waals surface area contributed by atoms with Gasteiger partial charge in [0.05, 0.1) is 16.9 Å². The first-order valence-corrected chi connectivity index (χ1v) is 11.6. The zero-order valence-corrected chi connectivity index (χ0v) is 18.1. The molecule has 0 unspecified atom stereocenters. The molecule has 2 aromatic carbocycles. The summed E-state index contributed by atoms with van der Waals surface area (Å²) < 4.78 is 25.9. The number of carbonyl (C=O) groups excluding carboxylic acids is 1. The number of rotatable bonds is 10. The molecular weight excluding hydrogens is 406 g/mol. The fourth-order valence-electron chi connectivity index (χ4n) is 3.24. The molecule has 2 aromatic rings. The van der Waals surface area contributed by atoms with E-state index in [0.717, 1.165) is 28.6 Å². The van der Waals surface area contributed by atoms with Gasteiger partial charge in [-0.1, -0.05) is 43.3 Å². The lowest BCUT2D eigenvalue weighted by molar-refractivity contribution is -0.384. The third-order valence-electron chi connectivity index (χ3n) is 4.72. The number of sulfonamides is 1. The lowest BCUT2D eigenvalue weighted by Crippen LogP contribution is -2.51. The molecule has 8 nitrogen and oxygen atoms in total. The van der Waals surface area contributed by atoms with Crippen LogP contribution in [0.25, 0.3) is 0 Å². The fourth-order valence-corrected chi connectivity index (χ4v) is 4.45. The molecule has 1 amide bonds. The Morgan fingerprint density at radius 1 is 1.17 bits per heavy atom. The molecule has 30 heavy (non-hydrogen) atoms. The molecule has 0 radical (unpaired) electrons. The van der Waals surface area contributed by atoms with Crippen LogP contribution in [0.3, 0.4) is 0 Å². The fraction of sp³-hybridized carbons (Fsp3) is 0.381. The Morgan fingerprint density at radius 3 is 2.40 bits per heavy atom. The summed E-state index contributed by atoms with van der Waals surface area (Å²) >= 11 is 0. The zero-order chi connectivity index (χ0) is 22.3. The van der Waals surface area contributed by atoms with Crippen LogP contribution < -0.4 is 9.62 Å². The van der Waals surface area contributed by atoms with Gasteiger partial charge in [0.1, 0.15) is 6.04 Å². The molecule has 0 saturated heterocycles. The molecule has 0 bridgehead atoms. The molecule has 0 saturated carbocycles. The van der Waals surface area contributed by atoms with Crippen LogP contribution in [0.5, 0.6) is 0 Å². The van der Waals surface area contributed by atoms with E-state index in [1.54, 1.807) is 6.92 Å². The first kappa shape index (κ1) is 23.3. The van der Waals surface area contributed by atoms with Crippen molar-refractivity contribution in [3.8, 4) is 0 Å². The Bertz CT molecular complexity index is 979. The number of amides is 1. The molecule has 9 heteroatoms. The Balaban J connectivity index is 2.19. The second-order valence-corrected chi connectivity index (χ2v) is 9.05. The molecule has 0 aliphatic heterocycles. The second kappa shape index (κ2) is 10.2. The maximum atomic E-state index is 12.9. The van der Waals surface area contributed by atoms with Crippen molar-refractivity contribution in [3.63, 3.8) is 0 Å². The first-order chi connectivity index (χ1) is 14.1. The van der Waals surface area contributed by atoms with Crippen molar-refractivity contribution in [1.82, 2.24) is 5.32 Å². The first-order valence-electron chi connectivity index (χ1n) is 9.71. The average molecular weight is 434 g/mol. The van der Waals surface area contributed by atoms with Gasteiger partial charge in [-0.2, -0.15) is 0 Å². The highest BCUT2D eigenvalue weighted by Crippen LogP contribution is 2.26. The predicted octanol–water partition coefficient (Wildman–Crippen LogP) is 3.28. The average Bonchev–Trinajstić information content (AvgIpc) is 2.70. The van der Waals surface area contributed by atoms with Gasteiger partial charge in [0.2, 0.25) is 15.9 Å². The van der Waals surface area contributed by atoms with Crippen LogP contribution in [0, 0.1) is 10.1 Å². The zero-order valence-electron chi connectivity index (χ0n) is 17.3. The molecule has 0 heterocycles. The molecular formula is C21H27N3O5S. The van der Waals surface area contributed by atoms with Crippen molar-refractivity contribution >= 4 is 27.3 Å². The minimum atomic E-state index is -3.86. The molecule has 0 fully saturated rings. The van der Waals surface area contributed by atoms with Gasteiger partial charge in [0.15, 0.2) is 0 Å². The van der Waals surface area contributed by atoms with E-state index in [0.29, 0.717) is 6.42 Å². The van der Waals surface area contributed by atoms with E-state index >= 15 is 0 Å². The molecule has 0 aliphatic rings. The molecule has 0 spiro atoms. The number of hydrogen-bond acceptors (Lipinski definition) is 5. The lowest BCUT2D eigenvalue weighted by Gasteiger charge is -2.31. The third kappa shape index (κ3) is 6.28. The summed E-state index contributed by atoms with van der Waals surface area (Å²) in [5.74, 6) is -0.435. The van der Waals surface area contributed by atoms with E-state index in [9.17, 15) is 23.3 Å². The maximum absolute atomic E-state index is 12.9. The van der Waals surface area contributed by atoms with E-state index in [1.165, 1.54) is 18.2 Å². The van der Waals surface area contributed by atoms with Crippen molar-refractivity contribution in [2.75, 3.05) is 10.6 Å². The minimum absolute atomic E-state index is 0.0886. The molecule has 0 aromatic heterocycles. The van der Waals surface area contributed by atoms with Crippen molar-refractivity contribution in [2.45, 2.75) is 45.2 Å². The Labute approximate surface area is 177 Å². The number of aryl methyl sites for hydroxylation is 1. The van der Waals surface area contributed by atoms with Crippen molar-refractivity contribution < 1.29 is 18.1 Å². The van der Waals surface area contributed by atoms with Crippen LogP contribution in [0.2, 0.25) is 0 Å². The number of anilines is 1. The molecule has 2 atom stereocenters. The van der Waals surface area contributed by atoms with Gasteiger partial charge in [-0.05, 0) is 37.8 Å². The number of carbonyl (C=O) groups is 1. The van der Waals surface area contributed by atoms with Gasteiger partial charge in [-0.25, -0.2) is 8.42 Å². The maximum Gasteiger partial charge on any atom is 0.271 e. The SMILES string of the molecule is CC[C@@H](C(=O)N[C@@H](C)CCc1ccccc1)N(c1cccc([N+](=O)[O-])c1)S(C)(=O)=O. The van der Waals surface area contributed by atoms with Crippen molar-refractivity contribution in [1.29, 1.82) is 0 Å². The summed E-state index contributed by atoms with van der Waals surface area (Å²) in [6.45, 7) is 3.57. The molecule has 2 rings (SSSR count). The standard InChI is InChI=1S/C21H27N3O5S/c1-4-20(21(25)22-16(2)13-14-17-9-6-5-7-10-17)23(30(3,28)29)18-11-8-12-19(15-18)24(26)27/h5-12,15-16,20H,4,13-14H2,1-3H3,(H,22,25)/t16-,20-/m0/s1. The van der Waals surface area contributed by atoms with E-state index in [4.69, 9.17) is 0 Å². The number of nitrogens with zero attached hydrogens (tertiary/aromatic N) is 2. The Hall–Kier alpha value is -2.94. The number of nitrogens with one attached hydrogen (secondary N) is 1. The summed E-state index contributed by atoms with van der Waals surface area (Å²) in [5, 5.41) is 14.0. The summed E-state index contributed by atoms with van der Waals surface area (Å²) in [6.07, 6.45) is 2.68. The summed E-state index contributed by atoms with van der Waals surface area (Å²) in [4.78, 5) is 23.4. The van der Waals surface area contributed by atoms with Crippen LogP contribution in [-0.4, -0.2) is 37.6 Å². The highest BCUT2D eigenvalue weighted by Gasteiger charge is 2.32. The van der Waals surface area contributed by atoms with E-state index in [1.807, 2.05) is 37.3 Å². The molecule has 1 N–H and O–H groups in total. The van der Waals surface area contributed by atoms with Gasteiger partial charge < -0.3 is 5.32 Å². The number of nitro benzene ring substituents is 1. The number of non-ortho nitro benzene ring substituents is 1. The second-order valence-electron chi connectivity index (χ2n) is 7.19. The smallest absolute Gasteiger partial charge is 0.271 e. The summed E-state index contributed by atoms with van der Waals surface area (Å²) in [7, 11) is -3.86. The van der Waals surface area contributed by atoms with Gasteiger partial charge >= 0.3 is 0 Å². The topological polar surface area (TPSA) is 110 Å². The van der Waals surface area contributed by atoms with Crippen LogP contribution in [0.4, 0.5) is 11.4 Å². The Kier molecular flexibility index (Phi) is 7.93. The summed E-state index contributed by atoms with van der Waals surface area (Å²) in [6, 6.07) is 14.0. The van der Waals surface area contributed by atoms with Gasteiger partial charge in [-0.3, -0.25) is 19.2 Å². The quantitative estimate of drug-likeness (QED) is 0.457. The van der Waals surface area contributed by atoms with Gasteiger partial charge in [0, 0.05) is 18.2 Å². The predicted molar refractivity (Wildman–Crippen MR) is 117 cm³/mol. The highest BCUT2D eigenvalue weighted by molar-refractivity contribution is 7.92. The van der Waals surface area contributed by atoms with E-state index in [-0.39, 0.29) is 23.8 Å². The highest BCUT2D eigenvalue weighted by atomic mass is 32.2. The van der Waals surface area contributed by atoms with Crippen LogP contribution in [-0.2, 0) is 21.2 Å². The molecule has 0 aliphatic carbocycles. The van der Waals surface area contributed by atoms with Crippen LogP contribution >= 0.6 is 0 Å².